The lowest BCUT2D eigenvalue weighted by Crippen LogP contribution is -2.21. The van der Waals surface area contributed by atoms with Crippen molar-refractivity contribution in [2.75, 3.05) is 6.61 Å². The molecule has 48 valence electrons. The summed E-state index contributed by atoms with van der Waals surface area (Å²) in [7, 11) is 0. The third-order valence-corrected chi connectivity index (χ3v) is 2.39. The molecule has 0 N–H and O–H groups in total. The van der Waals surface area contributed by atoms with Crippen LogP contribution >= 0.6 is 23.2 Å². The van der Waals surface area contributed by atoms with Crippen molar-refractivity contribution >= 4 is 23.2 Å². The fraction of sp³-hybridized carbons (Fsp3) is 1.00. The molecule has 1 rings (SSSR count). The van der Waals surface area contributed by atoms with E-state index in [9.17, 15) is 0 Å². The van der Waals surface area contributed by atoms with E-state index in [2.05, 4.69) is 0 Å². The Labute approximate surface area is 58.9 Å². The van der Waals surface area contributed by atoms with Crippen molar-refractivity contribution in [3.8, 4) is 0 Å². The standard InChI is InChI=1S/C5H8Cl2O/c1-4-5(6,7)2-3-8-4/h4H,2-3H2,1H3. The van der Waals surface area contributed by atoms with Gasteiger partial charge >= 0.3 is 0 Å². The molecule has 1 fully saturated rings. The van der Waals surface area contributed by atoms with Gasteiger partial charge in [-0.3, -0.25) is 0 Å². The van der Waals surface area contributed by atoms with Gasteiger partial charge in [0, 0.05) is 6.42 Å². The first-order valence-corrected chi connectivity index (χ1v) is 3.38. The first-order chi connectivity index (χ1) is 3.63. The van der Waals surface area contributed by atoms with E-state index in [-0.39, 0.29) is 6.10 Å². The molecular weight excluding hydrogens is 147 g/mol. The summed E-state index contributed by atoms with van der Waals surface area (Å²) in [5.74, 6) is 0. The first kappa shape index (κ1) is 6.66. The molecule has 1 heterocycles. The molecule has 0 radical (unpaired) electrons. The van der Waals surface area contributed by atoms with Gasteiger partial charge in [0.25, 0.3) is 0 Å². The average Bonchev–Trinajstić information content (AvgIpc) is 1.86. The number of halogens is 2. The lowest BCUT2D eigenvalue weighted by molar-refractivity contribution is 0.122. The molecule has 0 saturated carbocycles. The highest BCUT2D eigenvalue weighted by molar-refractivity contribution is 6.49. The highest BCUT2D eigenvalue weighted by Crippen LogP contribution is 2.35. The van der Waals surface area contributed by atoms with E-state index in [1.54, 1.807) is 0 Å². The minimum atomic E-state index is -0.625. The van der Waals surface area contributed by atoms with Crippen molar-refractivity contribution < 1.29 is 4.74 Å². The van der Waals surface area contributed by atoms with Gasteiger partial charge < -0.3 is 4.74 Å². The van der Waals surface area contributed by atoms with Crippen molar-refractivity contribution in [2.24, 2.45) is 0 Å². The Morgan fingerprint density at radius 3 is 2.38 bits per heavy atom. The Kier molecular flexibility index (Phi) is 1.71. The van der Waals surface area contributed by atoms with Crippen molar-refractivity contribution in [3.63, 3.8) is 0 Å². The summed E-state index contributed by atoms with van der Waals surface area (Å²) in [5, 5.41) is 0. The minimum absolute atomic E-state index is 0.00849. The smallest absolute Gasteiger partial charge is 0.146 e. The quantitative estimate of drug-likeness (QED) is 0.486. The molecule has 1 unspecified atom stereocenters. The highest BCUT2D eigenvalue weighted by Gasteiger charge is 2.37. The Hall–Kier alpha value is 0.540. The van der Waals surface area contributed by atoms with Crippen LogP contribution in [-0.2, 0) is 4.74 Å². The molecular formula is C5H8Cl2O. The molecule has 1 nitrogen and oxygen atoms in total. The van der Waals surface area contributed by atoms with Crippen molar-refractivity contribution in [3.05, 3.63) is 0 Å². The fourth-order valence-electron chi connectivity index (χ4n) is 0.697. The van der Waals surface area contributed by atoms with Crippen LogP contribution in [0, 0.1) is 0 Å². The molecule has 0 aromatic carbocycles. The number of rotatable bonds is 0. The van der Waals surface area contributed by atoms with Crippen LogP contribution in [0.15, 0.2) is 0 Å². The molecule has 1 aliphatic rings. The molecule has 0 aromatic rings. The second kappa shape index (κ2) is 2.05. The second-order valence-electron chi connectivity index (χ2n) is 2.02. The second-order valence-corrected chi connectivity index (χ2v) is 3.57. The number of alkyl halides is 2. The summed E-state index contributed by atoms with van der Waals surface area (Å²) in [4.78, 5) is 0. The van der Waals surface area contributed by atoms with Crippen LogP contribution in [0.3, 0.4) is 0 Å². The van der Waals surface area contributed by atoms with Crippen molar-refractivity contribution in [1.29, 1.82) is 0 Å². The Bertz CT molecular complexity index is 92.4. The SMILES string of the molecule is CC1OCCC1(Cl)Cl. The van der Waals surface area contributed by atoms with E-state index in [0.29, 0.717) is 6.61 Å². The third kappa shape index (κ3) is 1.09. The van der Waals surface area contributed by atoms with E-state index in [1.807, 2.05) is 6.92 Å². The highest BCUT2D eigenvalue weighted by atomic mass is 35.5. The van der Waals surface area contributed by atoms with Gasteiger partial charge in [0.15, 0.2) is 0 Å². The summed E-state index contributed by atoms with van der Waals surface area (Å²) >= 11 is 11.5. The number of ether oxygens (including phenoxy) is 1. The van der Waals surface area contributed by atoms with Crippen LogP contribution in [0.2, 0.25) is 0 Å². The van der Waals surface area contributed by atoms with Crippen LogP contribution in [0.25, 0.3) is 0 Å². The van der Waals surface area contributed by atoms with Crippen LogP contribution in [0.4, 0.5) is 0 Å². The molecule has 8 heavy (non-hydrogen) atoms. The Morgan fingerprint density at radius 1 is 1.62 bits per heavy atom. The van der Waals surface area contributed by atoms with Crippen LogP contribution in [0.1, 0.15) is 13.3 Å². The maximum Gasteiger partial charge on any atom is 0.146 e. The van der Waals surface area contributed by atoms with E-state index >= 15 is 0 Å². The summed E-state index contributed by atoms with van der Waals surface area (Å²) in [6.45, 7) is 2.57. The van der Waals surface area contributed by atoms with Crippen LogP contribution < -0.4 is 0 Å². The Morgan fingerprint density at radius 2 is 2.25 bits per heavy atom. The summed E-state index contributed by atoms with van der Waals surface area (Å²) in [5.41, 5.74) is 0. The molecule has 0 amide bonds. The number of hydrogen-bond donors (Lipinski definition) is 0. The minimum Gasteiger partial charge on any atom is -0.375 e. The van der Waals surface area contributed by atoms with Gasteiger partial charge in [0.1, 0.15) is 4.33 Å². The summed E-state index contributed by atoms with van der Waals surface area (Å²) in [6.07, 6.45) is 0.739. The fourth-order valence-corrected chi connectivity index (χ4v) is 0.977. The van der Waals surface area contributed by atoms with E-state index in [1.165, 1.54) is 0 Å². The van der Waals surface area contributed by atoms with Gasteiger partial charge in [-0.15, -0.1) is 0 Å². The summed E-state index contributed by atoms with van der Waals surface area (Å²) in [6, 6.07) is 0. The average molecular weight is 155 g/mol. The van der Waals surface area contributed by atoms with Gasteiger partial charge in [-0.25, -0.2) is 0 Å². The molecule has 3 heteroatoms. The predicted molar refractivity (Wildman–Crippen MR) is 34.5 cm³/mol. The van der Waals surface area contributed by atoms with Crippen LogP contribution in [-0.4, -0.2) is 17.0 Å². The normalized spacial score (nSPS) is 35.6. The maximum absolute atomic E-state index is 5.76. The van der Waals surface area contributed by atoms with Crippen molar-refractivity contribution in [2.45, 2.75) is 23.8 Å². The molecule has 0 aliphatic carbocycles. The van der Waals surface area contributed by atoms with Gasteiger partial charge in [-0.2, -0.15) is 0 Å². The monoisotopic (exact) mass is 154 g/mol. The van der Waals surface area contributed by atoms with E-state index < -0.39 is 4.33 Å². The van der Waals surface area contributed by atoms with Gasteiger partial charge in [0.2, 0.25) is 0 Å². The van der Waals surface area contributed by atoms with Gasteiger partial charge in [-0.05, 0) is 6.92 Å². The molecule has 1 saturated heterocycles. The number of hydrogen-bond acceptors (Lipinski definition) is 1. The third-order valence-electron chi connectivity index (χ3n) is 1.40. The maximum atomic E-state index is 5.76. The summed E-state index contributed by atoms with van der Waals surface area (Å²) < 4.78 is 4.48. The predicted octanol–water partition coefficient (Wildman–Crippen LogP) is 1.97. The lowest BCUT2D eigenvalue weighted by atomic mass is 10.2. The largest absolute Gasteiger partial charge is 0.375 e. The molecule has 0 spiro atoms. The van der Waals surface area contributed by atoms with Gasteiger partial charge in [0.05, 0.1) is 12.7 Å². The van der Waals surface area contributed by atoms with E-state index in [4.69, 9.17) is 27.9 Å². The Balaban J connectivity index is 2.54. The topological polar surface area (TPSA) is 9.23 Å². The molecule has 0 aromatic heterocycles. The zero-order valence-corrected chi connectivity index (χ0v) is 6.17. The zero-order chi connectivity index (χ0) is 6.20. The van der Waals surface area contributed by atoms with Gasteiger partial charge in [-0.1, -0.05) is 23.2 Å². The lowest BCUT2D eigenvalue weighted by Gasteiger charge is -2.14. The zero-order valence-electron chi connectivity index (χ0n) is 4.66. The van der Waals surface area contributed by atoms with Crippen molar-refractivity contribution in [1.82, 2.24) is 0 Å². The molecule has 1 aliphatic heterocycles. The van der Waals surface area contributed by atoms with Crippen LogP contribution in [0.5, 0.6) is 0 Å². The molecule has 1 atom stereocenters. The molecule has 0 bridgehead atoms. The first-order valence-electron chi connectivity index (χ1n) is 2.62. The van der Waals surface area contributed by atoms with E-state index in [0.717, 1.165) is 6.42 Å².